The molecule has 0 aliphatic heterocycles. The summed E-state index contributed by atoms with van der Waals surface area (Å²) in [5.41, 5.74) is 1.67. The van der Waals surface area contributed by atoms with E-state index in [0.29, 0.717) is 16.6 Å². The van der Waals surface area contributed by atoms with Gasteiger partial charge >= 0.3 is 0 Å². The van der Waals surface area contributed by atoms with Crippen LogP contribution in [0.3, 0.4) is 0 Å². The van der Waals surface area contributed by atoms with Crippen LogP contribution < -0.4 is 14.8 Å². The maximum atomic E-state index is 6.20. The molecule has 0 saturated carbocycles. The predicted octanol–water partition coefficient (Wildman–Crippen LogP) is 4.62. The van der Waals surface area contributed by atoms with Crippen LogP contribution in [0.15, 0.2) is 36.4 Å². The molecular weight excluding hydrogens is 297 g/mol. The normalized spacial score (nSPS) is 10.2. The van der Waals surface area contributed by atoms with Crippen LogP contribution in [0.25, 0.3) is 0 Å². The molecule has 0 fully saturated rings. The van der Waals surface area contributed by atoms with Crippen LogP contribution in [-0.4, -0.2) is 14.2 Å². The van der Waals surface area contributed by atoms with Crippen molar-refractivity contribution in [1.29, 1.82) is 0 Å². The highest BCUT2D eigenvalue weighted by molar-refractivity contribution is 6.33. The zero-order chi connectivity index (χ0) is 14.5. The summed E-state index contributed by atoms with van der Waals surface area (Å²) in [5, 5.41) is 4.51. The molecule has 0 heterocycles. The minimum atomic E-state index is 0.510. The van der Waals surface area contributed by atoms with E-state index < -0.39 is 0 Å². The van der Waals surface area contributed by atoms with E-state index in [1.54, 1.807) is 20.3 Å². The molecular formula is C15H15Cl2NO2. The lowest BCUT2D eigenvalue weighted by Crippen LogP contribution is -2.03. The third-order valence-electron chi connectivity index (χ3n) is 2.92. The van der Waals surface area contributed by atoms with Gasteiger partial charge in [0, 0.05) is 23.2 Å². The Hall–Kier alpha value is -1.58. The highest BCUT2D eigenvalue weighted by atomic mass is 35.5. The van der Waals surface area contributed by atoms with Gasteiger partial charge in [0.15, 0.2) is 0 Å². The van der Waals surface area contributed by atoms with Crippen molar-refractivity contribution >= 4 is 28.9 Å². The summed E-state index contributed by atoms with van der Waals surface area (Å²) in [6.07, 6.45) is 0. The van der Waals surface area contributed by atoms with Gasteiger partial charge < -0.3 is 14.8 Å². The molecule has 0 aliphatic carbocycles. The van der Waals surface area contributed by atoms with Crippen molar-refractivity contribution < 1.29 is 9.47 Å². The Morgan fingerprint density at radius 1 is 1.00 bits per heavy atom. The Morgan fingerprint density at radius 2 is 1.80 bits per heavy atom. The highest BCUT2D eigenvalue weighted by Gasteiger charge is 2.09. The molecule has 5 heteroatoms. The van der Waals surface area contributed by atoms with Crippen LogP contribution in [0.1, 0.15) is 5.56 Å². The van der Waals surface area contributed by atoms with E-state index in [1.165, 1.54) is 0 Å². The van der Waals surface area contributed by atoms with Gasteiger partial charge in [-0.1, -0.05) is 29.3 Å². The molecule has 0 amide bonds. The maximum Gasteiger partial charge on any atom is 0.125 e. The molecule has 3 nitrogen and oxygen atoms in total. The monoisotopic (exact) mass is 311 g/mol. The van der Waals surface area contributed by atoms with Gasteiger partial charge in [-0.25, -0.2) is 0 Å². The molecule has 0 atom stereocenters. The molecule has 1 N–H and O–H groups in total. The molecule has 0 radical (unpaired) electrons. The van der Waals surface area contributed by atoms with E-state index in [-0.39, 0.29) is 0 Å². The molecule has 2 aromatic carbocycles. The Balaban J connectivity index is 2.21. The maximum absolute atomic E-state index is 6.20. The molecule has 0 spiro atoms. The van der Waals surface area contributed by atoms with Crippen molar-refractivity contribution in [3.63, 3.8) is 0 Å². The Kier molecular flexibility index (Phi) is 4.99. The zero-order valence-corrected chi connectivity index (χ0v) is 12.8. The van der Waals surface area contributed by atoms with Gasteiger partial charge in [-0.15, -0.1) is 0 Å². The Labute approximate surface area is 128 Å². The summed E-state index contributed by atoms with van der Waals surface area (Å²) in [6, 6.07) is 11.0. The summed E-state index contributed by atoms with van der Waals surface area (Å²) in [6.45, 7) is 0.510. The fourth-order valence-corrected chi connectivity index (χ4v) is 2.27. The van der Waals surface area contributed by atoms with Gasteiger partial charge in [-0.2, -0.15) is 0 Å². The van der Waals surface area contributed by atoms with Crippen LogP contribution in [0.5, 0.6) is 11.5 Å². The lowest BCUT2D eigenvalue weighted by Gasteiger charge is -2.13. The third-order valence-corrected chi connectivity index (χ3v) is 3.61. The smallest absolute Gasteiger partial charge is 0.125 e. The molecule has 0 saturated heterocycles. The quantitative estimate of drug-likeness (QED) is 0.873. The van der Waals surface area contributed by atoms with Gasteiger partial charge in [-0.05, 0) is 24.3 Å². The summed E-state index contributed by atoms with van der Waals surface area (Å²) in [5.74, 6) is 1.48. The van der Waals surface area contributed by atoms with Crippen molar-refractivity contribution in [2.24, 2.45) is 0 Å². The third kappa shape index (κ3) is 3.30. The van der Waals surface area contributed by atoms with Gasteiger partial charge in [-0.3, -0.25) is 0 Å². The van der Waals surface area contributed by atoms with Crippen molar-refractivity contribution in [2.45, 2.75) is 6.54 Å². The second kappa shape index (κ2) is 6.73. The SMILES string of the molecule is COc1ccc(Cl)c(NCc2c(Cl)cccc2OC)c1. The molecule has 0 unspecified atom stereocenters. The number of nitrogens with one attached hydrogen (secondary N) is 1. The van der Waals surface area contributed by atoms with Crippen molar-refractivity contribution in [2.75, 3.05) is 19.5 Å². The minimum absolute atomic E-state index is 0.510. The van der Waals surface area contributed by atoms with Gasteiger partial charge in [0.25, 0.3) is 0 Å². The first-order valence-electron chi connectivity index (χ1n) is 6.04. The fraction of sp³-hybridized carbons (Fsp3) is 0.200. The van der Waals surface area contributed by atoms with E-state index in [0.717, 1.165) is 22.7 Å². The topological polar surface area (TPSA) is 30.5 Å². The number of halogens is 2. The second-order valence-corrected chi connectivity index (χ2v) is 4.93. The molecule has 20 heavy (non-hydrogen) atoms. The average Bonchev–Trinajstić information content (AvgIpc) is 2.47. The number of benzene rings is 2. The number of ether oxygens (including phenoxy) is 2. The molecule has 0 aromatic heterocycles. The Morgan fingerprint density at radius 3 is 2.50 bits per heavy atom. The van der Waals surface area contributed by atoms with Crippen LogP contribution in [0.2, 0.25) is 10.0 Å². The molecule has 2 rings (SSSR count). The standard InChI is InChI=1S/C15H15Cl2NO2/c1-19-10-6-7-13(17)14(8-10)18-9-11-12(16)4-3-5-15(11)20-2/h3-8,18H,9H2,1-2H3. The highest BCUT2D eigenvalue weighted by Crippen LogP contribution is 2.30. The molecule has 106 valence electrons. The van der Waals surface area contributed by atoms with Gasteiger partial charge in [0.2, 0.25) is 0 Å². The van der Waals surface area contributed by atoms with Crippen molar-refractivity contribution in [1.82, 2.24) is 0 Å². The summed E-state index contributed by atoms with van der Waals surface area (Å²) in [7, 11) is 3.23. The van der Waals surface area contributed by atoms with E-state index in [4.69, 9.17) is 32.7 Å². The first-order chi connectivity index (χ1) is 9.65. The zero-order valence-electron chi connectivity index (χ0n) is 11.2. The number of hydrogen-bond acceptors (Lipinski definition) is 3. The number of hydrogen-bond donors (Lipinski definition) is 1. The number of rotatable bonds is 5. The van der Waals surface area contributed by atoms with E-state index in [9.17, 15) is 0 Å². The summed E-state index contributed by atoms with van der Waals surface area (Å²) >= 11 is 12.3. The molecule has 0 aliphatic rings. The molecule has 2 aromatic rings. The van der Waals surface area contributed by atoms with Gasteiger partial charge in [0.05, 0.1) is 24.9 Å². The lowest BCUT2D eigenvalue weighted by molar-refractivity contribution is 0.410. The Bertz CT molecular complexity index is 602. The largest absolute Gasteiger partial charge is 0.497 e. The number of anilines is 1. The van der Waals surface area contributed by atoms with Crippen LogP contribution >= 0.6 is 23.2 Å². The second-order valence-electron chi connectivity index (χ2n) is 4.12. The first kappa shape index (κ1) is 14.8. The van der Waals surface area contributed by atoms with E-state index >= 15 is 0 Å². The summed E-state index contributed by atoms with van der Waals surface area (Å²) in [4.78, 5) is 0. The van der Waals surface area contributed by atoms with Crippen molar-refractivity contribution in [3.8, 4) is 11.5 Å². The predicted molar refractivity (Wildman–Crippen MR) is 83.3 cm³/mol. The van der Waals surface area contributed by atoms with E-state index in [1.807, 2.05) is 30.3 Å². The van der Waals surface area contributed by atoms with Crippen molar-refractivity contribution in [3.05, 3.63) is 52.0 Å². The lowest BCUT2D eigenvalue weighted by atomic mass is 10.2. The van der Waals surface area contributed by atoms with E-state index in [2.05, 4.69) is 5.32 Å². The number of methoxy groups -OCH3 is 2. The van der Waals surface area contributed by atoms with Gasteiger partial charge in [0.1, 0.15) is 11.5 Å². The van der Waals surface area contributed by atoms with Crippen LogP contribution in [0, 0.1) is 0 Å². The fourth-order valence-electron chi connectivity index (χ4n) is 1.85. The van der Waals surface area contributed by atoms with Crippen LogP contribution in [0.4, 0.5) is 5.69 Å². The van der Waals surface area contributed by atoms with Crippen LogP contribution in [-0.2, 0) is 6.54 Å². The first-order valence-corrected chi connectivity index (χ1v) is 6.80. The summed E-state index contributed by atoms with van der Waals surface area (Å²) < 4.78 is 10.5. The molecule has 0 bridgehead atoms. The average molecular weight is 312 g/mol. The minimum Gasteiger partial charge on any atom is -0.497 e.